The van der Waals surface area contributed by atoms with E-state index in [1.807, 2.05) is 29.2 Å². The Hall–Kier alpha value is -2.77. The Balaban J connectivity index is 1.25. The number of nitrogens with zero attached hydrogens (tertiary/aromatic N) is 2. The number of nitrogens with two attached hydrogens (primary N) is 1. The van der Waals surface area contributed by atoms with E-state index in [9.17, 15) is 4.79 Å². The van der Waals surface area contributed by atoms with Crippen molar-refractivity contribution in [3.05, 3.63) is 69.5 Å². The topological polar surface area (TPSA) is 71.2 Å². The second kappa shape index (κ2) is 9.84. The molecule has 1 amide bonds. The SMILES string of the molecule is CC1(C)CCC(C)(C)c2cc(-c3csc(C4CCN(C(=O)c5ccc(NC(N)=S)cc5)CC4)n3)ccc21. The van der Waals surface area contributed by atoms with E-state index in [1.54, 1.807) is 11.3 Å². The van der Waals surface area contributed by atoms with Gasteiger partial charge in [-0.05, 0) is 90.2 Å². The van der Waals surface area contributed by atoms with Gasteiger partial charge in [-0.25, -0.2) is 4.98 Å². The third kappa shape index (κ3) is 5.30. The number of piperidine rings is 1. The van der Waals surface area contributed by atoms with Crippen molar-refractivity contribution in [1.82, 2.24) is 9.88 Å². The number of amides is 1. The molecule has 0 saturated carbocycles. The third-order valence-corrected chi connectivity index (χ3v) is 9.31. The van der Waals surface area contributed by atoms with E-state index in [-0.39, 0.29) is 21.8 Å². The van der Waals surface area contributed by atoms with E-state index in [2.05, 4.69) is 56.6 Å². The average molecular weight is 533 g/mol. The molecular weight excluding hydrogens is 496 g/mol. The lowest BCUT2D eigenvalue weighted by atomic mass is 9.63. The highest BCUT2D eigenvalue weighted by Crippen LogP contribution is 2.47. The number of aromatic nitrogens is 1. The van der Waals surface area contributed by atoms with Crippen LogP contribution in [0, 0.1) is 0 Å². The molecule has 1 aromatic heterocycles. The van der Waals surface area contributed by atoms with E-state index in [1.165, 1.54) is 34.5 Å². The average Bonchev–Trinajstić information content (AvgIpc) is 3.37. The summed E-state index contributed by atoms with van der Waals surface area (Å²) in [6.07, 6.45) is 4.30. The van der Waals surface area contributed by atoms with Crippen LogP contribution in [-0.4, -0.2) is 34.0 Å². The molecule has 0 spiro atoms. The fourth-order valence-electron chi connectivity index (χ4n) is 5.71. The number of nitrogens with one attached hydrogen (secondary N) is 1. The minimum Gasteiger partial charge on any atom is -0.376 e. The normalized spacial score (nSPS) is 18.8. The Morgan fingerprint density at radius 1 is 1.03 bits per heavy atom. The van der Waals surface area contributed by atoms with Crippen molar-refractivity contribution in [2.45, 2.75) is 70.1 Å². The summed E-state index contributed by atoms with van der Waals surface area (Å²) >= 11 is 6.63. The van der Waals surface area contributed by atoms with Crippen LogP contribution >= 0.6 is 23.6 Å². The molecule has 37 heavy (non-hydrogen) atoms. The molecule has 2 aromatic carbocycles. The van der Waals surface area contributed by atoms with Crippen LogP contribution in [0.1, 0.15) is 85.8 Å². The summed E-state index contributed by atoms with van der Waals surface area (Å²) < 4.78 is 0. The molecule has 3 N–H and O–H groups in total. The van der Waals surface area contributed by atoms with Gasteiger partial charge in [0.15, 0.2) is 5.11 Å². The van der Waals surface area contributed by atoms with Gasteiger partial charge in [-0.2, -0.15) is 0 Å². The fourth-order valence-corrected chi connectivity index (χ4v) is 6.82. The fraction of sp³-hybridized carbons (Fsp3) is 0.433. The number of hydrogen-bond donors (Lipinski definition) is 2. The molecule has 0 atom stereocenters. The van der Waals surface area contributed by atoms with Gasteiger partial charge in [0.2, 0.25) is 0 Å². The zero-order valence-corrected chi connectivity index (χ0v) is 23.8. The number of anilines is 1. The predicted octanol–water partition coefficient (Wildman–Crippen LogP) is 6.83. The van der Waals surface area contributed by atoms with Gasteiger partial charge in [-0.3, -0.25) is 4.79 Å². The van der Waals surface area contributed by atoms with Crippen molar-refractivity contribution in [3.8, 4) is 11.3 Å². The Kier molecular flexibility index (Phi) is 6.88. The molecule has 0 bridgehead atoms. The largest absolute Gasteiger partial charge is 0.376 e. The number of rotatable bonds is 4. The summed E-state index contributed by atoms with van der Waals surface area (Å²) in [7, 11) is 0. The molecule has 194 valence electrons. The molecule has 5 rings (SSSR count). The van der Waals surface area contributed by atoms with Gasteiger partial charge in [0.25, 0.3) is 5.91 Å². The van der Waals surface area contributed by atoms with Gasteiger partial charge in [-0.1, -0.05) is 39.8 Å². The van der Waals surface area contributed by atoms with Crippen LogP contribution in [0.3, 0.4) is 0 Å². The number of thiazole rings is 1. The maximum Gasteiger partial charge on any atom is 0.253 e. The van der Waals surface area contributed by atoms with E-state index in [0.717, 1.165) is 37.3 Å². The minimum absolute atomic E-state index is 0.0692. The van der Waals surface area contributed by atoms with Crippen LogP contribution in [0.4, 0.5) is 5.69 Å². The van der Waals surface area contributed by atoms with E-state index in [4.69, 9.17) is 22.9 Å². The maximum absolute atomic E-state index is 13.0. The summed E-state index contributed by atoms with van der Waals surface area (Å²) in [6.45, 7) is 11.0. The summed E-state index contributed by atoms with van der Waals surface area (Å²) in [5.41, 5.74) is 12.6. The van der Waals surface area contributed by atoms with Crippen molar-refractivity contribution in [1.29, 1.82) is 0 Å². The second-order valence-corrected chi connectivity index (χ2v) is 13.1. The zero-order valence-electron chi connectivity index (χ0n) is 22.1. The van der Waals surface area contributed by atoms with Gasteiger partial charge in [-0.15, -0.1) is 11.3 Å². The molecule has 1 saturated heterocycles. The van der Waals surface area contributed by atoms with Crippen LogP contribution in [0.15, 0.2) is 47.8 Å². The van der Waals surface area contributed by atoms with E-state index in [0.29, 0.717) is 11.5 Å². The molecule has 1 aliphatic carbocycles. The van der Waals surface area contributed by atoms with Crippen molar-refractivity contribution in [3.63, 3.8) is 0 Å². The number of fused-ring (bicyclic) bond motifs is 1. The first-order valence-electron chi connectivity index (χ1n) is 13.1. The zero-order chi connectivity index (χ0) is 26.4. The van der Waals surface area contributed by atoms with Gasteiger partial charge in [0.1, 0.15) is 0 Å². The van der Waals surface area contributed by atoms with Crippen molar-refractivity contribution in [2.24, 2.45) is 5.73 Å². The summed E-state index contributed by atoms with van der Waals surface area (Å²) in [5.74, 6) is 0.465. The smallest absolute Gasteiger partial charge is 0.253 e. The van der Waals surface area contributed by atoms with E-state index < -0.39 is 0 Å². The molecule has 3 aromatic rings. The molecule has 2 heterocycles. The third-order valence-electron chi connectivity index (χ3n) is 8.20. The maximum atomic E-state index is 13.0. The van der Waals surface area contributed by atoms with Crippen LogP contribution < -0.4 is 11.1 Å². The second-order valence-electron chi connectivity index (χ2n) is 11.7. The number of carbonyl (C=O) groups excluding carboxylic acids is 1. The molecule has 1 fully saturated rings. The first-order valence-corrected chi connectivity index (χ1v) is 14.4. The summed E-state index contributed by atoms with van der Waals surface area (Å²) in [4.78, 5) is 20.1. The van der Waals surface area contributed by atoms with Crippen molar-refractivity contribution >= 4 is 40.3 Å². The Morgan fingerprint density at radius 2 is 1.68 bits per heavy atom. The Labute approximate surface area is 229 Å². The molecule has 7 heteroatoms. The van der Waals surface area contributed by atoms with Crippen molar-refractivity contribution < 1.29 is 4.79 Å². The highest BCUT2D eigenvalue weighted by molar-refractivity contribution is 7.80. The molecule has 1 aliphatic heterocycles. The van der Waals surface area contributed by atoms with Crippen LogP contribution in [0.2, 0.25) is 0 Å². The highest BCUT2D eigenvalue weighted by atomic mass is 32.1. The lowest BCUT2D eigenvalue weighted by Crippen LogP contribution is -2.37. The van der Waals surface area contributed by atoms with Gasteiger partial charge in [0, 0.05) is 41.2 Å². The monoisotopic (exact) mass is 532 g/mol. The summed E-state index contributed by atoms with van der Waals surface area (Å²) in [5, 5.41) is 6.50. The van der Waals surface area contributed by atoms with Crippen LogP contribution in [-0.2, 0) is 10.8 Å². The standard InChI is InChI=1S/C30H36N4OS2/c1-29(2)13-14-30(3,4)24-17-21(7-10-23(24)29)25-18-37-26(33-25)19-11-15-34(16-12-19)27(35)20-5-8-22(9-6-20)32-28(31)36/h5-10,17-19H,11-16H2,1-4H3,(H3,31,32,36). The number of thiocarbonyl (C=S) groups is 1. The molecule has 2 aliphatic rings. The molecular formula is C30H36N4OS2. The van der Waals surface area contributed by atoms with Crippen LogP contribution in [0.25, 0.3) is 11.3 Å². The van der Waals surface area contributed by atoms with E-state index >= 15 is 0 Å². The lowest BCUT2D eigenvalue weighted by molar-refractivity contribution is 0.0713. The lowest BCUT2D eigenvalue weighted by Gasteiger charge is -2.42. The van der Waals surface area contributed by atoms with Gasteiger partial charge < -0.3 is 16.0 Å². The molecule has 0 radical (unpaired) electrons. The number of hydrogen-bond acceptors (Lipinski definition) is 4. The van der Waals surface area contributed by atoms with Gasteiger partial charge >= 0.3 is 0 Å². The molecule has 5 nitrogen and oxygen atoms in total. The number of likely N-dealkylation sites (tertiary alicyclic amines) is 1. The quantitative estimate of drug-likeness (QED) is 0.360. The minimum atomic E-state index is 0.0692. The molecule has 0 unspecified atom stereocenters. The first kappa shape index (κ1) is 25.9. The predicted molar refractivity (Wildman–Crippen MR) is 158 cm³/mol. The number of benzene rings is 2. The highest BCUT2D eigenvalue weighted by Gasteiger charge is 2.37. The summed E-state index contributed by atoms with van der Waals surface area (Å²) in [6, 6.07) is 14.3. The van der Waals surface area contributed by atoms with Crippen molar-refractivity contribution in [2.75, 3.05) is 18.4 Å². The number of carbonyl (C=O) groups is 1. The first-order chi connectivity index (χ1) is 17.5. The Bertz CT molecular complexity index is 1320. The van der Waals surface area contributed by atoms with Gasteiger partial charge in [0.05, 0.1) is 10.7 Å². The Morgan fingerprint density at radius 3 is 2.32 bits per heavy atom. The van der Waals surface area contributed by atoms with Crippen LogP contribution in [0.5, 0.6) is 0 Å².